The van der Waals surface area contributed by atoms with E-state index in [1.165, 1.54) is 23.5 Å². The number of aromatic nitrogens is 1. The van der Waals surface area contributed by atoms with E-state index in [1.54, 1.807) is 6.92 Å². The molecular weight excluding hydrogens is 479 g/mol. The summed E-state index contributed by atoms with van der Waals surface area (Å²) in [6.07, 6.45) is -4.56. The van der Waals surface area contributed by atoms with Gasteiger partial charge in [0.2, 0.25) is 0 Å². The summed E-state index contributed by atoms with van der Waals surface area (Å²) in [4.78, 5) is 16.9. The van der Waals surface area contributed by atoms with E-state index in [4.69, 9.17) is 9.47 Å². The fourth-order valence-electron chi connectivity index (χ4n) is 3.67. The van der Waals surface area contributed by atoms with Crippen molar-refractivity contribution in [3.05, 3.63) is 69.7 Å². The van der Waals surface area contributed by atoms with Crippen LogP contribution in [0.3, 0.4) is 0 Å². The second-order valence-electron chi connectivity index (χ2n) is 8.31. The molecule has 2 atom stereocenters. The Morgan fingerprint density at radius 2 is 1.80 bits per heavy atom. The van der Waals surface area contributed by atoms with Crippen LogP contribution in [0.15, 0.2) is 42.5 Å². The molecular formula is C26H28F3NO4S. The summed E-state index contributed by atoms with van der Waals surface area (Å²) in [6, 6.07) is 10.6. The summed E-state index contributed by atoms with van der Waals surface area (Å²) in [7, 11) is 0. The zero-order chi connectivity index (χ0) is 25.8. The van der Waals surface area contributed by atoms with Crippen molar-refractivity contribution >= 4 is 17.3 Å². The van der Waals surface area contributed by atoms with E-state index in [0.29, 0.717) is 29.3 Å². The monoisotopic (exact) mass is 507 g/mol. The molecule has 0 saturated heterocycles. The molecule has 0 saturated carbocycles. The smallest absolute Gasteiger partial charge is 0.416 e. The minimum absolute atomic E-state index is 0.171. The van der Waals surface area contributed by atoms with Crippen LogP contribution in [0.4, 0.5) is 13.2 Å². The second-order valence-corrected chi connectivity index (χ2v) is 9.39. The molecule has 0 fully saturated rings. The third-order valence-corrected chi connectivity index (χ3v) is 6.75. The summed E-state index contributed by atoms with van der Waals surface area (Å²) in [5.74, 6) is -0.317. The molecule has 1 heterocycles. The van der Waals surface area contributed by atoms with Crippen LogP contribution in [0, 0.1) is 13.8 Å². The number of ether oxygens (including phenoxy) is 2. The Labute approximate surface area is 206 Å². The van der Waals surface area contributed by atoms with Crippen molar-refractivity contribution in [2.24, 2.45) is 0 Å². The molecule has 0 aliphatic carbocycles. The average molecular weight is 508 g/mol. The van der Waals surface area contributed by atoms with Crippen LogP contribution in [0.25, 0.3) is 10.6 Å². The van der Waals surface area contributed by atoms with Gasteiger partial charge < -0.3 is 14.6 Å². The van der Waals surface area contributed by atoms with Crippen molar-refractivity contribution < 1.29 is 32.5 Å². The number of hydrogen-bond acceptors (Lipinski definition) is 5. The van der Waals surface area contributed by atoms with Gasteiger partial charge in [0.05, 0.1) is 11.3 Å². The lowest BCUT2D eigenvalue weighted by Gasteiger charge is -2.17. The Bertz CT molecular complexity index is 1160. The maximum atomic E-state index is 12.8. The van der Waals surface area contributed by atoms with Crippen LogP contribution in [-0.2, 0) is 28.5 Å². The molecule has 5 nitrogen and oxygen atoms in total. The number of nitrogens with zero attached hydrogens (tertiary/aromatic N) is 1. The van der Waals surface area contributed by atoms with Crippen LogP contribution in [-0.4, -0.2) is 34.9 Å². The Balaban J connectivity index is 1.65. The highest BCUT2D eigenvalue weighted by atomic mass is 32.1. The fraction of sp³-hybridized carbons (Fsp3) is 0.385. The molecule has 0 spiro atoms. The third-order valence-electron chi connectivity index (χ3n) is 5.52. The summed E-state index contributed by atoms with van der Waals surface area (Å²) >= 11 is 1.44. The van der Waals surface area contributed by atoms with E-state index in [1.807, 2.05) is 39.0 Å². The largest absolute Gasteiger partial charge is 0.490 e. The summed E-state index contributed by atoms with van der Waals surface area (Å²) in [5, 5.41) is 9.98. The van der Waals surface area contributed by atoms with Crippen LogP contribution in [0.2, 0.25) is 0 Å². The molecule has 0 bridgehead atoms. The Hall–Kier alpha value is -2.91. The molecule has 0 aliphatic rings. The molecule has 3 rings (SSSR count). The molecule has 1 N–H and O–H groups in total. The number of halogens is 3. The molecule has 0 radical (unpaired) electrons. The molecule has 9 heteroatoms. The minimum atomic E-state index is -4.37. The lowest BCUT2D eigenvalue weighted by atomic mass is 10.0. The molecule has 35 heavy (non-hydrogen) atoms. The summed E-state index contributed by atoms with van der Waals surface area (Å²) in [6.45, 7) is 7.81. The predicted molar refractivity (Wildman–Crippen MR) is 129 cm³/mol. The standard InChI is InChI=1S/C26H28F3NO4S/c1-5-33-22(25(31)32)14-19-8-11-21(12-15(19)2)34-16(3)13-23-17(4)30-24(35-23)18-6-9-20(10-7-18)26(27,28)29/h6-12,16,22H,5,13-14H2,1-4H3,(H,31,32). The molecule has 1 aromatic heterocycles. The van der Waals surface area contributed by atoms with Gasteiger partial charge in [0.1, 0.15) is 16.9 Å². The van der Waals surface area contributed by atoms with E-state index in [9.17, 15) is 23.1 Å². The number of aliphatic carboxylic acids is 1. The van der Waals surface area contributed by atoms with E-state index >= 15 is 0 Å². The molecule has 188 valence electrons. The summed E-state index contributed by atoms with van der Waals surface area (Å²) in [5.41, 5.74) is 2.57. The van der Waals surface area contributed by atoms with Crippen LogP contribution >= 0.6 is 11.3 Å². The van der Waals surface area contributed by atoms with Gasteiger partial charge in [0.25, 0.3) is 0 Å². The first kappa shape index (κ1) is 26.7. The van der Waals surface area contributed by atoms with Crippen molar-refractivity contribution in [1.29, 1.82) is 0 Å². The fourth-order valence-corrected chi connectivity index (χ4v) is 4.85. The number of hydrogen-bond donors (Lipinski definition) is 1. The second kappa shape index (κ2) is 11.2. The molecule has 2 unspecified atom stereocenters. The average Bonchev–Trinajstić information content (AvgIpc) is 3.14. The number of carboxylic acids is 1. The van der Waals surface area contributed by atoms with Gasteiger partial charge in [-0.1, -0.05) is 18.2 Å². The van der Waals surface area contributed by atoms with Crippen molar-refractivity contribution in [3.63, 3.8) is 0 Å². The minimum Gasteiger partial charge on any atom is -0.490 e. The zero-order valence-electron chi connectivity index (χ0n) is 20.0. The first-order valence-electron chi connectivity index (χ1n) is 11.2. The number of alkyl halides is 3. The number of rotatable bonds is 10. The maximum absolute atomic E-state index is 12.8. The van der Waals surface area contributed by atoms with Gasteiger partial charge in [-0.15, -0.1) is 11.3 Å². The highest BCUT2D eigenvalue weighted by Crippen LogP contribution is 2.33. The first-order chi connectivity index (χ1) is 16.5. The van der Waals surface area contributed by atoms with E-state index < -0.39 is 23.8 Å². The number of carboxylic acid groups (broad SMARTS) is 1. The van der Waals surface area contributed by atoms with Gasteiger partial charge in [-0.2, -0.15) is 13.2 Å². The maximum Gasteiger partial charge on any atom is 0.416 e. The zero-order valence-corrected chi connectivity index (χ0v) is 20.8. The van der Waals surface area contributed by atoms with Crippen molar-refractivity contribution in [2.45, 2.75) is 58.9 Å². The highest BCUT2D eigenvalue weighted by Gasteiger charge is 2.30. The Kier molecular flexibility index (Phi) is 8.56. The molecule has 0 amide bonds. The van der Waals surface area contributed by atoms with Crippen LogP contribution < -0.4 is 4.74 Å². The van der Waals surface area contributed by atoms with E-state index in [-0.39, 0.29) is 12.5 Å². The van der Waals surface area contributed by atoms with Crippen LogP contribution in [0.1, 0.15) is 41.1 Å². The number of aryl methyl sites for hydroxylation is 2. The highest BCUT2D eigenvalue weighted by molar-refractivity contribution is 7.15. The topological polar surface area (TPSA) is 68.7 Å². The van der Waals surface area contributed by atoms with Gasteiger partial charge in [-0.05, 0) is 63.1 Å². The van der Waals surface area contributed by atoms with Gasteiger partial charge in [0, 0.05) is 29.9 Å². The first-order valence-corrected chi connectivity index (χ1v) is 12.0. The van der Waals surface area contributed by atoms with E-state index in [2.05, 4.69) is 4.98 Å². The normalized spacial score (nSPS) is 13.5. The molecule has 2 aromatic carbocycles. The third kappa shape index (κ3) is 7.05. The molecule has 0 aliphatic heterocycles. The van der Waals surface area contributed by atoms with Crippen molar-refractivity contribution in [1.82, 2.24) is 4.98 Å². The van der Waals surface area contributed by atoms with E-state index in [0.717, 1.165) is 33.8 Å². The summed E-state index contributed by atoms with van der Waals surface area (Å²) < 4.78 is 49.9. The number of carbonyl (C=O) groups is 1. The SMILES string of the molecule is CCOC(Cc1ccc(OC(C)Cc2sc(-c3ccc(C(F)(F)F)cc3)nc2C)cc1C)C(=O)O. The van der Waals surface area contributed by atoms with Gasteiger partial charge in [-0.3, -0.25) is 0 Å². The Morgan fingerprint density at radius 3 is 2.37 bits per heavy atom. The van der Waals surface area contributed by atoms with Crippen molar-refractivity contribution in [3.8, 4) is 16.3 Å². The number of benzene rings is 2. The van der Waals surface area contributed by atoms with Crippen molar-refractivity contribution in [2.75, 3.05) is 6.61 Å². The molecule has 3 aromatic rings. The quantitative estimate of drug-likeness (QED) is 0.340. The van der Waals surface area contributed by atoms with Gasteiger partial charge in [-0.25, -0.2) is 9.78 Å². The lowest BCUT2D eigenvalue weighted by molar-refractivity contribution is -0.150. The Morgan fingerprint density at radius 1 is 1.11 bits per heavy atom. The van der Waals surface area contributed by atoms with Gasteiger partial charge in [0.15, 0.2) is 6.10 Å². The predicted octanol–water partition coefficient (Wildman–Crippen LogP) is 6.49. The lowest BCUT2D eigenvalue weighted by Crippen LogP contribution is -2.26. The van der Waals surface area contributed by atoms with Crippen LogP contribution in [0.5, 0.6) is 5.75 Å². The van der Waals surface area contributed by atoms with Gasteiger partial charge >= 0.3 is 12.1 Å². The number of thiazole rings is 1.